The number of phosphoric ester groups is 1. The van der Waals surface area contributed by atoms with Crippen LogP contribution in [0.3, 0.4) is 0 Å². The van der Waals surface area contributed by atoms with Crippen LogP contribution in [0.25, 0.3) is 0 Å². The SMILES string of the molecule is O=P1(O)OCN[C@@H]2CCCC[C@@H]2N[PH](O)(O)OP(=O)(O)O1. The molecule has 1 saturated carbocycles. The van der Waals surface area contributed by atoms with Gasteiger partial charge in [-0.05, 0) is 0 Å². The summed E-state index contributed by atoms with van der Waals surface area (Å²) in [6.07, 6.45) is 2.95. The van der Waals surface area contributed by atoms with Crippen LogP contribution in [0.2, 0.25) is 0 Å². The van der Waals surface area contributed by atoms with Crippen LogP contribution in [-0.2, 0) is 22.3 Å². The van der Waals surface area contributed by atoms with Gasteiger partial charge in [0.05, 0.1) is 0 Å². The summed E-state index contributed by atoms with van der Waals surface area (Å²) in [7, 11) is -14.8. The van der Waals surface area contributed by atoms with E-state index in [0.717, 1.165) is 12.8 Å². The molecule has 0 radical (unpaired) electrons. The Bertz CT molecular complexity index is 474. The first kappa shape index (κ1) is 17.9. The molecule has 1 heterocycles. The van der Waals surface area contributed by atoms with Crippen LogP contribution in [0.15, 0.2) is 0 Å². The zero-order chi connectivity index (χ0) is 15.7. The molecule has 0 amide bonds. The molecule has 0 bridgehead atoms. The molecule has 0 aromatic heterocycles. The predicted molar refractivity (Wildman–Crippen MR) is 72.8 cm³/mol. The quantitative estimate of drug-likeness (QED) is 0.321. The number of rotatable bonds is 0. The standard InChI is InChI=1S/C7H19N2O9P3/c10-19(11)9-7-4-2-1-3-6(7)8-5-16-20(12,13)18-21(14,15)17-19/h6-11,19H,1-5H2,(H,12,13)(H,14,15)/t6-,7+/m1/s1. The van der Waals surface area contributed by atoms with Crippen molar-refractivity contribution in [3.05, 3.63) is 0 Å². The second-order valence-electron chi connectivity index (χ2n) is 4.84. The molecule has 126 valence electrons. The maximum absolute atomic E-state index is 11.5. The second-order valence-corrected chi connectivity index (χ2v) is 9.86. The number of hydrogen-bond donors (Lipinski definition) is 6. The monoisotopic (exact) mass is 368 g/mol. The normalized spacial score (nSPS) is 46.9. The van der Waals surface area contributed by atoms with E-state index in [1.54, 1.807) is 0 Å². The maximum atomic E-state index is 11.5. The van der Waals surface area contributed by atoms with Crippen LogP contribution in [0.1, 0.15) is 25.7 Å². The summed E-state index contributed by atoms with van der Waals surface area (Å²) in [6.45, 7) is -0.401. The molecule has 2 aliphatic rings. The minimum atomic E-state index is -5.18. The van der Waals surface area contributed by atoms with Gasteiger partial charge in [0.25, 0.3) is 0 Å². The van der Waals surface area contributed by atoms with E-state index in [1.807, 2.05) is 0 Å². The Morgan fingerprint density at radius 1 is 1.05 bits per heavy atom. The fourth-order valence-electron chi connectivity index (χ4n) is 2.37. The summed E-state index contributed by atoms with van der Waals surface area (Å²) < 4.78 is 35.7. The summed E-state index contributed by atoms with van der Waals surface area (Å²) in [5.41, 5.74) is 0. The Labute approximate surface area is 121 Å². The molecule has 21 heavy (non-hydrogen) atoms. The topological polar surface area (TPSA) is 167 Å². The van der Waals surface area contributed by atoms with E-state index in [0.29, 0.717) is 12.8 Å². The molecule has 6 N–H and O–H groups in total. The van der Waals surface area contributed by atoms with E-state index in [4.69, 9.17) is 0 Å². The fraction of sp³-hybridized carbons (Fsp3) is 1.00. The van der Waals surface area contributed by atoms with E-state index in [1.165, 1.54) is 0 Å². The van der Waals surface area contributed by atoms with Gasteiger partial charge in [0.15, 0.2) is 0 Å². The molecule has 0 aromatic carbocycles. The molecule has 11 nitrogen and oxygen atoms in total. The molecule has 1 aliphatic heterocycles. The van der Waals surface area contributed by atoms with Crippen molar-refractivity contribution in [1.82, 2.24) is 10.4 Å². The van der Waals surface area contributed by atoms with Crippen molar-refractivity contribution >= 4 is 23.7 Å². The Hall–Kier alpha value is 0.530. The van der Waals surface area contributed by atoms with Crippen LogP contribution in [-0.4, -0.2) is 38.4 Å². The first-order valence-corrected chi connectivity index (χ1v) is 11.1. The van der Waals surface area contributed by atoms with Crippen LogP contribution in [0.4, 0.5) is 0 Å². The number of fused-ring (bicyclic) bond motifs is 1. The molecular formula is C7H19N2O9P3. The number of phosphoric acid groups is 2. The average molecular weight is 368 g/mol. The summed E-state index contributed by atoms with van der Waals surface area (Å²) in [5.74, 6) is 0. The first-order valence-electron chi connectivity index (χ1n) is 6.27. The van der Waals surface area contributed by atoms with Gasteiger partial charge in [-0.25, -0.2) is 0 Å². The van der Waals surface area contributed by atoms with Crippen molar-refractivity contribution in [2.45, 2.75) is 37.8 Å². The molecule has 2 rings (SSSR count). The number of hydrogen-bond acceptors (Lipinski definition) is 9. The van der Waals surface area contributed by atoms with Gasteiger partial charge in [-0.1, -0.05) is 0 Å². The summed E-state index contributed by atoms with van der Waals surface area (Å²) in [6, 6.07) is -0.718. The van der Waals surface area contributed by atoms with Crippen molar-refractivity contribution in [2.75, 3.05) is 6.73 Å². The first-order chi connectivity index (χ1) is 9.59. The van der Waals surface area contributed by atoms with Gasteiger partial charge < -0.3 is 0 Å². The van der Waals surface area contributed by atoms with Gasteiger partial charge in [-0.2, -0.15) is 0 Å². The Morgan fingerprint density at radius 2 is 1.67 bits per heavy atom. The van der Waals surface area contributed by atoms with Gasteiger partial charge in [0.1, 0.15) is 0 Å². The molecule has 4 atom stereocenters. The van der Waals surface area contributed by atoms with Crippen molar-refractivity contribution in [1.29, 1.82) is 0 Å². The van der Waals surface area contributed by atoms with E-state index in [2.05, 4.69) is 23.5 Å². The fourth-order valence-corrected chi connectivity index (χ4v) is 6.60. The van der Waals surface area contributed by atoms with Crippen LogP contribution < -0.4 is 10.4 Å². The van der Waals surface area contributed by atoms with Gasteiger partial charge in [0, 0.05) is 0 Å². The van der Waals surface area contributed by atoms with Crippen LogP contribution in [0.5, 0.6) is 0 Å². The van der Waals surface area contributed by atoms with Crippen LogP contribution >= 0.6 is 23.7 Å². The van der Waals surface area contributed by atoms with Gasteiger partial charge in [-0.15, -0.1) is 0 Å². The second kappa shape index (κ2) is 6.57. The number of nitrogens with one attached hydrogen (secondary N) is 2. The van der Waals surface area contributed by atoms with E-state index in [9.17, 15) is 28.7 Å². The molecule has 0 spiro atoms. The third-order valence-electron chi connectivity index (χ3n) is 3.16. The minimum absolute atomic E-state index is 0.273. The van der Waals surface area contributed by atoms with E-state index < -0.39 is 36.5 Å². The van der Waals surface area contributed by atoms with Crippen molar-refractivity contribution in [2.24, 2.45) is 0 Å². The van der Waals surface area contributed by atoms with Crippen molar-refractivity contribution in [3.63, 3.8) is 0 Å². The Kier molecular flexibility index (Phi) is 5.59. The average Bonchev–Trinajstić information content (AvgIpc) is 2.27. The molecule has 1 aliphatic carbocycles. The molecular weight excluding hydrogens is 349 g/mol. The molecule has 0 aromatic rings. The summed E-state index contributed by atoms with van der Waals surface area (Å²) in [4.78, 5) is 38.1. The van der Waals surface area contributed by atoms with Gasteiger partial charge in [-0.3, -0.25) is 0 Å². The summed E-state index contributed by atoms with van der Waals surface area (Å²) >= 11 is 0. The van der Waals surface area contributed by atoms with E-state index in [-0.39, 0.29) is 6.04 Å². The van der Waals surface area contributed by atoms with Gasteiger partial charge >= 0.3 is 120 Å². The summed E-state index contributed by atoms with van der Waals surface area (Å²) in [5, 5.41) is 5.22. The Morgan fingerprint density at radius 3 is 2.33 bits per heavy atom. The third kappa shape index (κ3) is 5.58. The van der Waals surface area contributed by atoms with Crippen molar-refractivity contribution < 1.29 is 41.8 Å². The zero-order valence-electron chi connectivity index (χ0n) is 10.9. The van der Waals surface area contributed by atoms with Crippen LogP contribution in [0, 0.1) is 0 Å². The van der Waals surface area contributed by atoms with Gasteiger partial charge in [0.2, 0.25) is 0 Å². The van der Waals surface area contributed by atoms with Crippen molar-refractivity contribution in [3.8, 4) is 0 Å². The third-order valence-corrected chi connectivity index (χ3v) is 7.96. The zero-order valence-corrected chi connectivity index (χ0v) is 13.7. The molecule has 2 fully saturated rings. The molecule has 1 saturated heterocycles. The predicted octanol–water partition coefficient (Wildman–Crippen LogP) is 0.0930. The molecule has 2 unspecified atom stereocenters. The Balaban J connectivity index is 2.22. The van der Waals surface area contributed by atoms with E-state index >= 15 is 0 Å². The molecule has 14 heteroatoms.